The Labute approximate surface area is 173 Å². The molecule has 0 N–H and O–H groups in total. The van der Waals surface area contributed by atoms with Crippen molar-refractivity contribution in [3.05, 3.63) is 45.9 Å². The fourth-order valence-electron chi connectivity index (χ4n) is 3.67. The van der Waals surface area contributed by atoms with E-state index in [2.05, 4.69) is 16.0 Å². The summed E-state index contributed by atoms with van der Waals surface area (Å²) in [7, 11) is 0. The number of anilines is 1. The first-order valence-corrected chi connectivity index (χ1v) is 10.8. The molecular weight excluding hydrogens is 396 g/mol. The maximum atomic E-state index is 12.6. The van der Waals surface area contributed by atoms with Crippen LogP contribution in [0.3, 0.4) is 0 Å². The van der Waals surface area contributed by atoms with Crippen LogP contribution in [0.2, 0.25) is 5.02 Å². The van der Waals surface area contributed by atoms with Gasteiger partial charge in [0.15, 0.2) is 5.13 Å². The van der Waals surface area contributed by atoms with Crippen molar-refractivity contribution < 1.29 is 9.59 Å². The van der Waals surface area contributed by atoms with Gasteiger partial charge >= 0.3 is 0 Å². The molecule has 0 aliphatic carbocycles. The summed E-state index contributed by atoms with van der Waals surface area (Å²) in [6.45, 7) is 4.73. The van der Waals surface area contributed by atoms with E-state index in [4.69, 9.17) is 11.6 Å². The first kappa shape index (κ1) is 19.4. The van der Waals surface area contributed by atoms with E-state index >= 15 is 0 Å². The van der Waals surface area contributed by atoms with Crippen molar-refractivity contribution in [3.63, 3.8) is 0 Å². The summed E-state index contributed by atoms with van der Waals surface area (Å²) in [6.07, 6.45) is 1.77. The zero-order valence-corrected chi connectivity index (χ0v) is 17.2. The van der Waals surface area contributed by atoms with Crippen molar-refractivity contribution in [2.24, 2.45) is 0 Å². The van der Waals surface area contributed by atoms with Gasteiger partial charge in [0.2, 0.25) is 11.8 Å². The Balaban J connectivity index is 1.27. The lowest BCUT2D eigenvalue weighted by Gasteiger charge is -2.34. The highest BCUT2D eigenvalue weighted by Gasteiger charge is 2.26. The molecule has 8 heteroatoms. The van der Waals surface area contributed by atoms with E-state index in [0.717, 1.165) is 61.5 Å². The number of nitrogens with zero attached hydrogens (tertiary/aromatic N) is 4. The molecule has 2 aliphatic heterocycles. The summed E-state index contributed by atoms with van der Waals surface area (Å²) in [4.78, 5) is 35.0. The third-order valence-corrected chi connectivity index (χ3v) is 6.34. The van der Waals surface area contributed by atoms with Crippen molar-refractivity contribution in [1.82, 2.24) is 14.8 Å². The number of rotatable bonds is 5. The quantitative estimate of drug-likeness (QED) is 0.749. The monoisotopic (exact) mass is 418 g/mol. The number of carbonyl (C=O) groups is 2. The molecule has 2 saturated heterocycles. The van der Waals surface area contributed by atoms with Crippen LogP contribution in [0.25, 0.3) is 0 Å². The summed E-state index contributed by atoms with van der Waals surface area (Å²) < 4.78 is 0. The van der Waals surface area contributed by atoms with Crippen molar-refractivity contribution in [2.45, 2.75) is 25.8 Å². The Morgan fingerprint density at radius 1 is 1.18 bits per heavy atom. The van der Waals surface area contributed by atoms with Crippen molar-refractivity contribution in [1.29, 1.82) is 0 Å². The van der Waals surface area contributed by atoms with Gasteiger partial charge in [-0.15, -0.1) is 11.3 Å². The Kier molecular flexibility index (Phi) is 5.94. The maximum absolute atomic E-state index is 12.6. The number of aromatic nitrogens is 1. The minimum Gasteiger partial charge on any atom is -0.340 e. The molecule has 1 aromatic heterocycles. The standard InChI is InChI=1S/C20H23ClN4O2S/c21-16-4-1-3-15(11-16)13-23-7-9-24(10-8-23)19(27)12-17-14-28-20(22-17)25-6-2-5-18(25)26/h1,3-4,11,14H,2,5-10,12-13H2. The number of hydrogen-bond donors (Lipinski definition) is 0. The van der Waals surface area contributed by atoms with E-state index < -0.39 is 0 Å². The molecule has 3 heterocycles. The van der Waals surface area contributed by atoms with Gasteiger partial charge in [-0.1, -0.05) is 23.7 Å². The highest BCUT2D eigenvalue weighted by atomic mass is 35.5. The van der Waals surface area contributed by atoms with Crippen LogP contribution in [0.1, 0.15) is 24.1 Å². The van der Waals surface area contributed by atoms with Gasteiger partial charge < -0.3 is 4.90 Å². The van der Waals surface area contributed by atoms with Gasteiger partial charge in [0.25, 0.3) is 0 Å². The van der Waals surface area contributed by atoms with E-state index in [0.29, 0.717) is 12.8 Å². The molecular formula is C20H23ClN4O2S. The van der Waals surface area contributed by atoms with Gasteiger partial charge in [-0.2, -0.15) is 0 Å². The number of amides is 2. The van der Waals surface area contributed by atoms with Crippen LogP contribution in [0.4, 0.5) is 5.13 Å². The second kappa shape index (κ2) is 8.59. The first-order valence-electron chi connectivity index (χ1n) is 9.58. The van der Waals surface area contributed by atoms with Crippen LogP contribution in [0, 0.1) is 0 Å². The Morgan fingerprint density at radius 3 is 2.71 bits per heavy atom. The summed E-state index contributed by atoms with van der Waals surface area (Å²) in [5.41, 5.74) is 1.95. The van der Waals surface area contributed by atoms with Gasteiger partial charge in [-0.05, 0) is 24.1 Å². The number of hydrogen-bond acceptors (Lipinski definition) is 5. The number of benzene rings is 1. The molecule has 2 aromatic rings. The van der Waals surface area contributed by atoms with Crippen LogP contribution >= 0.6 is 22.9 Å². The molecule has 2 amide bonds. The van der Waals surface area contributed by atoms with Crippen molar-refractivity contribution >= 4 is 39.9 Å². The second-order valence-electron chi connectivity index (χ2n) is 7.23. The molecule has 0 saturated carbocycles. The highest BCUT2D eigenvalue weighted by Crippen LogP contribution is 2.25. The lowest BCUT2D eigenvalue weighted by atomic mass is 10.2. The van der Waals surface area contributed by atoms with Crippen LogP contribution in [-0.4, -0.2) is 59.3 Å². The average Bonchev–Trinajstić information content (AvgIpc) is 3.31. The predicted molar refractivity (Wildman–Crippen MR) is 111 cm³/mol. The molecule has 6 nitrogen and oxygen atoms in total. The maximum Gasteiger partial charge on any atom is 0.228 e. The van der Waals surface area contributed by atoms with Gasteiger partial charge in [-0.3, -0.25) is 19.4 Å². The Morgan fingerprint density at radius 2 is 2.00 bits per heavy atom. The first-order chi connectivity index (χ1) is 13.6. The molecule has 4 rings (SSSR count). The zero-order chi connectivity index (χ0) is 19.5. The Hall–Kier alpha value is -1.96. The van der Waals surface area contributed by atoms with Gasteiger partial charge in [-0.25, -0.2) is 4.98 Å². The molecule has 2 fully saturated rings. The molecule has 0 spiro atoms. The Bertz CT molecular complexity index is 863. The van der Waals surface area contributed by atoms with Crippen LogP contribution < -0.4 is 4.90 Å². The lowest BCUT2D eigenvalue weighted by molar-refractivity contribution is -0.132. The molecule has 28 heavy (non-hydrogen) atoms. The normalized spacial score (nSPS) is 18.1. The van der Waals surface area contributed by atoms with Gasteiger partial charge in [0.05, 0.1) is 12.1 Å². The van der Waals surface area contributed by atoms with Gasteiger partial charge in [0, 0.05) is 56.1 Å². The van der Waals surface area contributed by atoms with E-state index in [-0.39, 0.29) is 11.8 Å². The fourth-order valence-corrected chi connectivity index (χ4v) is 4.75. The van der Waals surface area contributed by atoms with Crippen LogP contribution in [-0.2, 0) is 22.6 Å². The number of piperazine rings is 1. The number of thiazole rings is 1. The third-order valence-electron chi connectivity index (χ3n) is 5.20. The summed E-state index contributed by atoms with van der Waals surface area (Å²) in [5, 5.41) is 3.37. The number of halogens is 1. The highest BCUT2D eigenvalue weighted by molar-refractivity contribution is 7.14. The molecule has 0 bridgehead atoms. The van der Waals surface area contributed by atoms with Crippen LogP contribution in [0.5, 0.6) is 0 Å². The third kappa shape index (κ3) is 4.54. The van der Waals surface area contributed by atoms with Gasteiger partial charge in [0.1, 0.15) is 0 Å². The molecule has 1 aromatic carbocycles. The van der Waals surface area contributed by atoms with Crippen LogP contribution in [0.15, 0.2) is 29.6 Å². The fraction of sp³-hybridized carbons (Fsp3) is 0.450. The zero-order valence-electron chi connectivity index (χ0n) is 15.6. The molecule has 148 valence electrons. The SMILES string of the molecule is O=C(Cc1csc(N2CCCC2=O)n1)N1CCN(Cc2cccc(Cl)c2)CC1. The van der Waals surface area contributed by atoms with E-state index in [9.17, 15) is 9.59 Å². The number of carbonyl (C=O) groups excluding carboxylic acids is 2. The predicted octanol–water partition coefficient (Wildman–Crippen LogP) is 2.81. The lowest BCUT2D eigenvalue weighted by Crippen LogP contribution is -2.48. The minimum atomic E-state index is 0.104. The largest absolute Gasteiger partial charge is 0.340 e. The minimum absolute atomic E-state index is 0.104. The summed E-state index contributed by atoms with van der Waals surface area (Å²) in [5.74, 6) is 0.232. The van der Waals surface area contributed by atoms with E-state index in [1.165, 1.54) is 16.9 Å². The molecule has 0 radical (unpaired) electrons. The summed E-state index contributed by atoms with van der Waals surface area (Å²) in [6, 6.07) is 7.92. The van der Waals surface area contributed by atoms with E-state index in [1.54, 1.807) is 4.90 Å². The van der Waals surface area contributed by atoms with Crippen molar-refractivity contribution in [3.8, 4) is 0 Å². The summed E-state index contributed by atoms with van der Waals surface area (Å²) >= 11 is 7.50. The molecule has 2 aliphatic rings. The van der Waals surface area contributed by atoms with Crippen molar-refractivity contribution in [2.75, 3.05) is 37.6 Å². The average molecular weight is 419 g/mol. The smallest absolute Gasteiger partial charge is 0.228 e. The second-order valence-corrected chi connectivity index (χ2v) is 8.51. The topological polar surface area (TPSA) is 56.8 Å². The molecule has 0 unspecified atom stereocenters. The molecule has 0 atom stereocenters. The van der Waals surface area contributed by atoms with E-state index in [1.807, 2.05) is 28.5 Å².